The number of carbonyl (C=O) groups excluding carboxylic acids is 2. The van der Waals surface area contributed by atoms with Gasteiger partial charge in [0.2, 0.25) is 0 Å². The van der Waals surface area contributed by atoms with E-state index in [4.69, 9.17) is 9.47 Å². The van der Waals surface area contributed by atoms with Crippen molar-refractivity contribution in [3.8, 4) is 0 Å². The number of Topliss-reactive ketones (excluding diaryl/α,β-unsaturated/α-hetero) is 1. The molecule has 1 saturated heterocycles. The maximum atomic E-state index is 12.3. The van der Waals surface area contributed by atoms with E-state index in [-0.39, 0.29) is 12.4 Å². The van der Waals surface area contributed by atoms with Crippen LogP contribution in [0.1, 0.15) is 39.2 Å². The quantitative estimate of drug-likeness (QED) is 0.855. The summed E-state index contributed by atoms with van der Waals surface area (Å²) in [5.41, 5.74) is 0.465. The molecule has 0 aliphatic carbocycles. The molecule has 1 aliphatic rings. The Bertz CT molecular complexity index is 536. The highest BCUT2D eigenvalue weighted by molar-refractivity contribution is 5.88. The van der Waals surface area contributed by atoms with Gasteiger partial charge in [0, 0.05) is 13.0 Å². The van der Waals surface area contributed by atoms with Crippen molar-refractivity contribution >= 4 is 11.9 Å². The van der Waals surface area contributed by atoms with E-state index in [0.29, 0.717) is 26.0 Å². The summed E-state index contributed by atoms with van der Waals surface area (Å²) in [6.07, 6.45) is 0.713. The standard InChI is InChI=1S/C18H25NO4/c1-18(2,3)23-17(21)19-11-7-10-16(20)15(19)13-22-12-14-8-5-4-6-9-14/h4-6,8-9,15H,7,10-13H2,1-3H3/t15-/m1/s1. The molecule has 0 N–H and O–H groups in total. The number of piperidine rings is 1. The summed E-state index contributed by atoms with van der Waals surface area (Å²) >= 11 is 0. The summed E-state index contributed by atoms with van der Waals surface area (Å²) in [6, 6.07) is 9.21. The van der Waals surface area contributed by atoms with Crippen molar-refractivity contribution < 1.29 is 19.1 Å². The molecule has 1 aromatic rings. The van der Waals surface area contributed by atoms with Gasteiger partial charge in [0.1, 0.15) is 11.6 Å². The lowest BCUT2D eigenvalue weighted by molar-refractivity contribution is -0.129. The van der Waals surface area contributed by atoms with E-state index in [1.165, 1.54) is 4.90 Å². The van der Waals surface area contributed by atoms with Crippen LogP contribution in [0.3, 0.4) is 0 Å². The molecule has 0 radical (unpaired) electrons. The molecule has 126 valence electrons. The topological polar surface area (TPSA) is 55.8 Å². The molecule has 1 aliphatic heterocycles. The number of ketones is 1. The summed E-state index contributed by atoms with van der Waals surface area (Å²) in [5, 5.41) is 0. The van der Waals surface area contributed by atoms with Gasteiger partial charge >= 0.3 is 6.09 Å². The summed E-state index contributed by atoms with van der Waals surface area (Å²) in [7, 11) is 0. The molecule has 0 bridgehead atoms. The normalized spacial score (nSPS) is 18.8. The number of hydrogen-bond acceptors (Lipinski definition) is 4. The molecule has 5 heteroatoms. The third kappa shape index (κ3) is 5.36. The summed E-state index contributed by atoms with van der Waals surface area (Å²) in [4.78, 5) is 26.0. The minimum absolute atomic E-state index is 0.0372. The largest absolute Gasteiger partial charge is 0.444 e. The second-order valence-electron chi connectivity index (χ2n) is 6.76. The van der Waals surface area contributed by atoms with Crippen LogP contribution in [0.5, 0.6) is 0 Å². The molecule has 0 aromatic heterocycles. The molecule has 1 heterocycles. The molecule has 1 atom stereocenters. The summed E-state index contributed by atoms with van der Waals surface area (Å²) in [5.74, 6) is 0.0372. The van der Waals surface area contributed by atoms with Crippen molar-refractivity contribution in [1.82, 2.24) is 4.90 Å². The molecular weight excluding hydrogens is 294 g/mol. The molecule has 0 spiro atoms. The molecule has 0 saturated carbocycles. The first-order chi connectivity index (χ1) is 10.9. The van der Waals surface area contributed by atoms with Gasteiger partial charge in [-0.15, -0.1) is 0 Å². The highest BCUT2D eigenvalue weighted by Gasteiger charge is 2.35. The number of ether oxygens (including phenoxy) is 2. The van der Waals surface area contributed by atoms with Gasteiger partial charge in [0.25, 0.3) is 0 Å². The Morgan fingerprint density at radius 2 is 1.96 bits per heavy atom. The molecule has 1 fully saturated rings. The Morgan fingerprint density at radius 3 is 2.61 bits per heavy atom. The molecule has 1 aromatic carbocycles. The number of likely N-dealkylation sites (tertiary alicyclic amines) is 1. The highest BCUT2D eigenvalue weighted by Crippen LogP contribution is 2.19. The maximum Gasteiger partial charge on any atom is 0.410 e. The number of amides is 1. The zero-order valence-corrected chi connectivity index (χ0v) is 14.1. The Kier molecular flexibility index (Phi) is 5.77. The first-order valence-corrected chi connectivity index (χ1v) is 8.01. The second kappa shape index (κ2) is 7.59. The van der Waals surface area contributed by atoms with Crippen LogP contribution in [0.4, 0.5) is 4.79 Å². The van der Waals surface area contributed by atoms with Gasteiger partial charge in [0.15, 0.2) is 5.78 Å². The van der Waals surface area contributed by atoms with Crippen molar-refractivity contribution in [2.24, 2.45) is 0 Å². The maximum absolute atomic E-state index is 12.3. The number of rotatable bonds is 4. The third-order valence-electron chi connectivity index (χ3n) is 3.59. The second-order valence-corrected chi connectivity index (χ2v) is 6.76. The van der Waals surface area contributed by atoms with Crippen LogP contribution in [0.15, 0.2) is 30.3 Å². The predicted molar refractivity (Wildman–Crippen MR) is 87.1 cm³/mol. The minimum Gasteiger partial charge on any atom is -0.444 e. The Morgan fingerprint density at radius 1 is 1.26 bits per heavy atom. The first kappa shape index (κ1) is 17.5. The molecule has 0 unspecified atom stereocenters. The molecule has 23 heavy (non-hydrogen) atoms. The monoisotopic (exact) mass is 319 g/mol. The zero-order valence-electron chi connectivity index (χ0n) is 14.1. The first-order valence-electron chi connectivity index (χ1n) is 8.01. The van der Waals surface area contributed by atoms with Crippen molar-refractivity contribution in [3.05, 3.63) is 35.9 Å². The highest BCUT2D eigenvalue weighted by atomic mass is 16.6. The average Bonchev–Trinajstić information content (AvgIpc) is 2.48. The predicted octanol–water partition coefficient (Wildman–Crippen LogP) is 3.17. The molecule has 5 nitrogen and oxygen atoms in total. The van der Waals surface area contributed by atoms with Gasteiger partial charge in [-0.2, -0.15) is 0 Å². The zero-order chi connectivity index (χ0) is 16.9. The third-order valence-corrected chi connectivity index (χ3v) is 3.59. The van der Waals surface area contributed by atoms with Gasteiger partial charge in [-0.25, -0.2) is 4.79 Å². The van der Waals surface area contributed by atoms with Crippen molar-refractivity contribution in [1.29, 1.82) is 0 Å². The van der Waals surface area contributed by atoms with Gasteiger partial charge < -0.3 is 9.47 Å². The van der Waals surface area contributed by atoms with Crippen LogP contribution < -0.4 is 0 Å². The lowest BCUT2D eigenvalue weighted by Gasteiger charge is -2.35. The average molecular weight is 319 g/mol. The fourth-order valence-corrected chi connectivity index (χ4v) is 2.50. The Labute approximate surface area is 137 Å². The van der Waals surface area contributed by atoms with E-state index in [2.05, 4.69) is 0 Å². The van der Waals surface area contributed by atoms with Crippen LogP contribution in [-0.2, 0) is 20.9 Å². The van der Waals surface area contributed by atoms with Crippen LogP contribution in [0.2, 0.25) is 0 Å². The van der Waals surface area contributed by atoms with Crippen LogP contribution in [0.25, 0.3) is 0 Å². The molecular formula is C18H25NO4. The lowest BCUT2D eigenvalue weighted by atomic mass is 10.0. The van der Waals surface area contributed by atoms with E-state index in [9.17, 15) is 9.59 Å². The van der Waals surface area contributed by atoms with Crippen molar-refractivity contribution in [2.45, 2.75) is 51.9 Å². The number of carbonyl (C=O) groups is 2. The van der Waals surface area contributed by atoms with Crippen LogP contribution in [-0.4, -0.2) is 41.6 Å². The van der Waals surface area contributed by atoms with E-state index >= 15 is 0 Å². The van der Waals surface area contributed by atoms with Crippen molar-refractivity contribution in [3.63, 3.8) is 0 Å². The molecule has 1 amide bonds. The fraction of sp³-hybridized carbons (Fsp3) is 0.556. The number of nitrogens with zero attached hydrogens (tertiary/aromatic N) is 1. The van der Waals surface area contributed by atoms with Gasteiger partial charge in [0.05, 0.1) is 13.2 Å². The Hall–Kier alpha value is -1.88. The summed E-state index contributed by atoms with van der Waals surface area (Å²) in [6.45, 7) is 6.60. The minimum atomic E-state index is -0.576. The van der Waals surface area contributed by atoms with E-state index in [0.717, 1.165) is 5.56 Å². The fourth-order valence-electron chi connectivity index (χ4n) is 2.50. The molecule has 2 rings (SSSR count). The van der Waals surface area contributed by atoms with Gasteiger partial charge in [-0.3, -0.25) is 9.69 Å². The number of benzene rings is 1. The van der Waals surface area contributed by atoms with Crippen molar-refractivity contribution in [2.75, 3.05) is 13.2 Å². The smallest absolute Gasteiger partial charge is 0.410 e. The summed E-state index contributed by atoms with van der Waals surface area (Å²) < 4.78 is 11.1. The Balaban J connectivity index is 1.94. The number of hydrogen-bond donors (Lipinski definition) is 0. The SMILES string of the molecule is CC(C)(C)OC(=O)N1CCCC(=O)[C@H]1COCc1ccccc1. The lowest BCUT2D eigenvalue weighted by Crippen LogP contribution is -2.52. The van der Waals surface area contributed by atoms with E-state index < -0.39 is 17.7 Å². The van der Waals surface area contributed by atoms with E-state index in [1.54, 1.807) is 0 Å². The van der Waals surface area contributed by atoms with Crippen LogP contribution >= 0.6 is 0 Å². The van der Waals surface area contributed by atoms with Gasteiger partial charge in [-0.05, 0) is 32.8 Å². The van der Waals surface area contributed by atoms with Gasteiger partial charge in [-0.1, -0.05) is 30.3 Å². The van der Waals surface area contributed by atoms with Crippen LogP contribution in [0, 0.1) is 0 Å². The van der Waals surface area contributed by atoms with E-state index in [1.807, 2.05) is 51.1 Å².